The van der Waals surface area contributed by atoms with Crippen LogP contribution in [0.5, 0.6) is 0 Å². The Morgan fingerprint density at radius 3 is 2.71 bits per heavy atom. The Labute approximate surface area is 197 Å². The van der Waals surface area contributed by atoms with Gasteiger partial charge in [-0.15, -0.1) is 0 Å². The van der Waals surface area contributed by atoms with E-state index < -0.39 is 28.3 Å². The summed E-state index contributed by atoms with van der Waals surface area (Å²) in [6.07, 6.45) is -2.05. The molecule has 0 atom stereocenters. The second kappa shape index (κ2) is 11.3. The monoisotopic (exact) mass is 493 g/mol. The molecule has 0 aliphatic carbocycles. The third kappa shape index (κ3) is 6.91. The number of halogens is 3. The summed E-state index contributed by atoms with van der Waals surface area (Å²) in [5.74, 6) is -0.285. The van der Waals surface area contributed by atoms with Gasteiger partial charge in [0.25, 0.3) is 0 Å². The first kappa shape index (κ1) is 25.5. The lowest BCUT2D eigenvalue weighted by molar-refractivity contribution is -0.383. The van der Waals surface area contributed by atoms with Crippen molar-refractivity contribution in [1.82, 2.24) is 9.97 Å². The van der Waals surface area contributed by atoms with E-state index in [9.17, 15) is 28.1 Å². The molecular formula is C22H22F3N5O5. The molecule has 35 heavy (non-hydrogen) atoms. The summed E-state index contributed by atoms with van der Waals surface area (Å²) in [6.45, 7) is 1.80. The maximum Gasteiger partial charge on any atom is 0.416 e. The molecule has 0 fully saturated rings. The van der Waals surface area contributed by atoms with Gasteiger partial charge in [-0.25, -0.2) is 9.97 Å². The number of carbonyl (C=O) groups excluding carboxylic acids is 1. The zero-order valence-corrected chi connectivity index (χ0v) is 18.6. The molecule has 0 aliphatic heterocycles. The predicted octanol–water partition coefficient (Wildman–Crippen LogP) is 4.57. The van der Waals surface area contributed by atoms with Crippen molar-refractivity contribution in [2.45, 2.75) is 32.6 Å². The van der Waals surface area contributed by atoms with Crippen molar-refractivity contribution in [2.75, 3.05) is 23.4 Å². The predicted molar refractivity (Wildman–Crippen MR) is 118 cm³/mol. The van der Waals surface area contributed by atoms with Crippen molar-refractivity contribution in [2.24, 2.45) is 0 Å². The highest BCUT2D eigenvalue weighted by atomic mass is 19.4. The molecule has 0 bridgehead atoms. The zero-order valence-electron chi connectivity index (χ0n) is 18.6. The molecule has 0 saturated heterocycles. The van der Waals surface area contributed by atoms with Crippen molar-refractivity contribution in [3.05, 3.63) is 76.0 Å². The van der Waals surface area contributed by atoms with E-state index in [2.05, 4.69) is 15.3 Å². The third-order valence-corrected chi connectivity index (χ3v) is 4.82. The van der Waals surface area contributed by atoms with Gasteiger partial charge in [-0.05, 0) is 36.8 Å². The molecule has 2 heterocycles. The van der Waals surface area contributed by atoms with Crippen LogP contribution in [0.1, 0.15) is 30.2 Å². The van der Waals surface area contributed by atoms with Crippen molar-refractivity contribution in [3.8, 4) is 0 Å². The number of hydrogen-bond acceptors (Lipinski definition) is 9. The molecule has 2 aromatic heterocycles. The normalized spacial score (nSPS) is 11.2. The molecule has 0 radical (unpaired) electrons. The Balaban J connectivity index is 1.89. The average Bonchev–Trinajstić information content (AvgIpc) is 3.33. The molecule has 3 rings (SSSR count). The number of alkyl halides is 3. The molecule has 0 amide bonds. The van der Waals surface area contributed by atoms with Crippen LogP contribution >= 0.6 is 0 Å². The standard InChI is InChI=1S/C22H22F3N5O5/c1-2-34-18(31)8-9-29(13-17-7-4-10-35-17)21-19(30(32)33)20(27-14-28-21)26-12-15-5-3-6-16(11-15)22(23,24)25/h3-7,10-11,14H,2,8-9,12-13H2,1H3,(H,26,27,28). The van der Waals surface area contributed by atoms with Gasteiger partial charge in [-0.1, -0.05) is 12.1 Å². The summed E-state index contributed by atoms with van der Waals surface area (Å²) in [6, 6.07) is 7.90. The topological polar surface area (TPSA) is 124 Å². The van der Waals surface area contributed by atoms with Gasteiger partial charge in [-0.2, -0.15) is 13.2 Å². The molecule has 0 unspecified atom stereocenters. The Kier molecular flexibility index (Phi) is 8.23. The number of nitrogens with zero attached hydrogens (tertiary/aromatic N) is 4. The minimum Gasteiger partial charge on any atom is -0.467 e. The minimum absolute atomic E-state index is 0.0322. The summed E-state index contributed by atoms with van der Waals surface area (Å²) >= 11 is 0. The second-order valence-corrected chi connectivity index (χ2v) is 7.26. The molecular weight excluding hydrogens is 471 g/mol. The van der Waals surface area contributed by atoms with Crippen molar-refractivity contribution in [1.29, 1.82) is 0 Å². The van der Waals surface area contributed by atoms with E-state index in [4.69, 9.17) is 9.15 Å². The highest BCUT2D eigenvalue weighted by Crippen LogP contribution is 2.34. The maximum atomic E-state index is 13.0. The summed E-state index contributed by atoms with van der Waals surface area (Å²) < 4.78 is 49.3. The molecule has 10 nitrogen and oxygen atoms in total. The van der Waals surface area contributed by atoms with Gasteiger partial charge in [0.15, 0.2) is 0 Å². The second-order valence-electron chi connectivity index (χ2n) is 7.26. The number of carbonyl (C=O) groups is 1. The zero-order chi connectivity index (χ0) is 25.4. The number of esters is 1. The van der Waals surface area contributed by atoms with E-state index in [1.807, 2.05) is 0 Å². The number of ether oxygens (including phenoxy) is 1. The van der Waals surface area contributed by atoms with Gasteiger partial charge in [0, 0.05) is 13.1 Å². The Morgan fingerprint density at radius 1 is 1.26 bits per heavy atom. The molecule has 0 spiro atoms. The summed E-state index contributed by atoms with van der Waals surface area (Å²) in [4.78, 5) is 32.6. The molecule has 0 aliphatic rings. The summed E-state index contributed by atoms with van der Waals surface area (Å²) in [5.41, 5.74) is -1.07. The van der Waals surface area contributed by atoms with Gasteiger partial charge in [-0.3, -0.25) is 14.9 Å². The fourth-order valence-corrected chi connectivity index (χ4v) is 3.25. The van der Waals surface area contributed by atoms with Crippen LogP contribution in [-0.4, -0.2) is 34.0 Å². The molecule has 0 saturated carbocycles. The van der Waals surface area contributed by atoms with Gasteiger partial charge in [0.2, 0.25) is 11.6 Å². The largest absolute Gasteiger partial charge is 0.467 e. The first-order valence-electron chi connectivity index (χ1n) is 10.5. The Bertz CT molecular complexity index is 1150. The Morgan fingerprint density at radius 2 is 2.06 bits per heavy atom. The molecule has 1 N–H and O–H groups in total. The maximum absolute atomic E-state index is 13.0. The SMILES string of the molecule is CCOC(=O)CCN(Cc1ccco1)c1ncnc(NCc2cccc(C(F)(F)F)c2)c1[N+](=O)[O-]. The van der Waals surface area contributed by atoms with Crippen LogP contribution in [0.15, 0.2) is 53.4 Å². The van der Waals surface area contributed by atoms with Crippen molar-refractivity contribution in [3.63, 3.8) is 0 Å². The third-order valence-electron chi connectivity index (χ3n) is 4.82. The van der Waals surface area contributed by atoms with Crippen LogP contribution in [-0.2, 0) is 28.8 Å². The lowest BCUT2D eigenvalue weighted by Gasteiger charge is -2.22. The lowest BCUT2D eigenvalue weighted by atomic mass is 10.1. The quantitative estimate of drug-likeness (QED) is 0.232. The number of rotatable bonds is 11. The van der Waals surface area contributed by atoms with Gasteiger partial charge in [0.05, 0.1) is 36.3 Å². The van der Waals surface area contributed by atoms with E-state index in [-0.39, 0.29) is 49.9 Å². The van der Waals surface area contributed by atoms with Gasteiger partial charge in [0.1, 0.15) is 12.1 Å². The number of aromatic nitrogens is 2. The van der Waals surface area contributed by atoms with Gasteiger partial charge < -0.3 is 19.4 Å². The van der Waals surface area contributed by atoms with Crippen LogP contribution in [0.25, 0.3) is 0 Å². The molecule has 13 heteroatoms. The molecule has 3 aromatic rings. The number of nitro groups is 1. The van der Waals surface area contributed by atoms with Gasteiger partial charge >= 0.3 is 17.8 Å². The first-order valence-corrected chi connectivity index (χ1v) is 10.5. The fraction of sp³-hybridized carbons (Fsp3) is 0.318. The summed E-state index contributed by atoms with van der Waals surface area (Å²) in [5, 5.41) is 14.7. The smallest absolute Gasteiger partial charge is 0.416 e. The van der Waals surface area contributed by atoms with Crippen LogP contribution < -0.4 is 10.2 Å². The van der Waals surface area contributed by atoms with Crippen LogP contribution in [0, 0.1) is 10.1 Å². The highest BCUT2D eigenvalue weighted by Gasteiger charge is 2.31. The Hall–Kier alpha value is -4.16. The molecule has 186 valence electrons. The van der Waals surface area contributed by atoms with E-state index in [0.717, 1.165) is 18.5 Å². The van der Waals surface area contributed by atoms with Crippen molar-refractivity contribution >= 4 is 23.3 Å². The van der Waals surface area contributed by atoms with Crippen molar-refractivity contribution < 1.29 is 32.0 Å². The molecule has 1 aromatic carbocycles. The van der Waals surface area contributed by atoms with Crippen LogP contribution in [0.4, 0.5) is 30.5 Å². The average molecular weight is 493 g/mol. The van der Waals surface area contributed by atoms with Crippen LogP contribution in [0.3, 0.4) is 0 Å². The highest BCUT2D eigenvalue weighted by molar-refractivity contribution is 5.73. The van der Waals surface area contributed by atoms with E-state index >= 15 is 0 Å². The van der Waals surface area contributed by atoms with E-state index in [0.29, 0.717) is 5.76 Å². The van der Waals surface area contributed by atoms with Crippen LogP contribution in [0.2, 0.25) is 0 Å². The number of hydrogen-bond donors (Lipinski definition) is 1. The first-order chi connectivity index (χ1) is 16.7. The lowest BCUT2D eigenvalue weighted by Crippen LogP contribution is -2.28. The number of nitrogens with one attached hydrogen (secondary N) is 1. The number of benzene rings is 1. The minimum atomic E-state index is -4.52. The summed E-state index contributed by atoms with van der Waals surface area (Å²) in [7, 11) is 0. The number of anilines is 2. The fourth-order valence-electron chi connectivity index (χ4n) is 3.25. The van der Waals surface area contributed by atoms with E-state index in [1.54, 1.807) is 19.1 Å². The van der Waals surface area contributed by atoms with E-state index in [1.165, 1.54) is 23.3 Å². The number of furan rings is 1.